The summed E-state index contributed by atoms with van der Waals surface area (Å²) in [6, 6.07) is 7.56. The minimum absolute atomic E-state index is 0.575. The van der Waals surface area contributed by atoms with Gasteiger partial charge in [-0.2, -0.15) is 10.2 Å². The van der Waals surface area contributed by atoms with Crippen LogP contribution in [0.2, 0.25) is 0 Å². The Hall–Kier alpha value is -2.04. The van der Waals surface area contributed by atoms with E-state index in [1.54, 1.807) is 30.6 Å². The Labute approximate surface area is 133 Å². The van der Waals surface area contributed by atoms with Crippen LogP contribution in [0.1, 0.15) is 11.3 Å². The molecule has 0 aliphatic carbocycles. The Balaban J connectivity index is 1.86. The highest BCUT2D eigenvalue weighted by atomic mass is 79.9. The summed E-state index contributed by atoms with van der Waals surface area (Å²) in [6.45, 7) is 0.575. The van der Waals surface area contributed by atoms with Gasteiger partial charge >= 0.3 is 0 Å². The molecule has 0 atom stereocenters. The number of thiazole rings is 1. The van der Waals surface area contributed by atoms with Crippen molar-refractivity contribution in [2.24, 2.45) is 0 Å². The van der Waals surface area contributed by atoms with Crippen LogP contribution >= 0.6 is 27.3 Å². The molecule has 0 aliphatic heterocycles. The molecule has 0 saturated carbocycles. The standard InChI is InChI=1S/C14H11BrN4OS/c1-20-13-12(19-4-5-21-14(19)18-13)8-17-11-3-2-9(7-16)6-10(11)15/h2-6,17H,8H2,1H3. The molecule has 0 radical (unpaired) electrons. The highest BCUT2D eigenvalue weighted by Gasteiger charge is 2.13. The molecular weight excluding hydrogens is 352 g/mol. The number of benzene rings is 1. The summed E-state index contributed by atoms with van der Waals surface area (Å²) >= 11 is 5.03. The number of halogens is 1. The van der Waals surface area contributed by atoms with Gasteiger partial charge in [-0.05, 0) is 34.1 Å². The Kier molecular flexibility index (Phi) is 3.82. The predicted molar refractivity (Wildman–Crippen MR) is 85.8 cm³/mol. The summed E-state index contributed by atoms with van der Waals surface area (Å²) in [7, 11) is 1.62. The molecule has 1 N–H and O–H groups in total. The van der Waals surface area contributed by atoms with Crippen LogP contribution in [-0.4, -0.2) is 16.5 Å². The van der Waals surface area contributed by atoms with Crippen molar-refractivity contribution in [1.82, 2.24) is 9.38 Å². The van der Waals surface area contributed by atoms with Gasteiger partial charge in [-0.3, -0.25) is 4.40 Å². The Morgan fingerprint density at radius 1 is 1.52 bits per heavy atom. The molecule has 0 unspecified atom stereocenters. The van der Waals surface area contributed by atoms with Crippen LogP contribution in [0.25, 0.3) is 4.96 Å². The smallest absolute Gasteiger partial charge is 0.238 e. The number of nitrogens with zero attached hydrogens (tertiary/aromatic N) is 3. The highest BCUT2D eigenvalue weighted by Crippen LogP contribution is 2.27. The minimum atomic E-state index is 0.575. The van der Waals surface area contributed by atoms with E-state index in [1.165, 1.54) is 0 Å². The van der Waals surface area contributed by atoms with Crippen LogP contribution in [0, 0.1) is 11.3 Å². The zero-order valence-corrected chi connectivity index (χ0v) is 13.5. The third-order valence-electron chi connectivity index (χ3n) is 3.06. The first kappa shape index (κ1) is 13.9. The topological polar surface area (TPSA) is 62.4 Å². The van der Waals surface area contributed by atoms with E-state index in [4.69, 9.17) is 10.00 Å². The first-order valence-corrected chi connectivity index (χ1v) is 7.82. The normalized spacial score (nSPS) is 10.5. The largest absolute Gasteiger partial charge is 0.480 e. The first-order valence-electron chi connectivity index (χ1n) is 6.15. The van der Waals surface area contributed by atoms with Gasteiger partial charge in [0.05, 0.1) is 25.3 Å². The van der Waals surface area contributed by atoms with E-state index in [0.29, 0.717) is 18.0 Å². The second-order valence-corrected chi connectivity index (χ2v) is 6.01. The van der Waals surface area contributed by atoms with Gasteiger partial charge in [-0.1, -0.05) is 0 Å². The molecule has 0 amide bonds. The SMILES string of the molecule is COc1nc2sccn2c1CNc1ccc(C#N)cc1Br. The summed E-state index contributed by atoms with van der Waals surface area (Å²) in [5.41, 5.74) is 2.50. The van der Waals surface area contributed by atoms with Gasteiger partial charge in [0.15, 0.2) is 4.96 Å². The molecule has 0 bridgehead atoms. The third kappa shape index (κ3) is 2.60. The quantitative estimate of drug-likeness (QED) is 0.769. The molecule has 7 heteroatoms. The summed E-state index contributed by atoms with van der Waals surface area (Å²) in [5.74, 6) is 0.624. The Morgan fingerprint density at radius 2 is 2.38 bits per heavy atom. The molecule has 2 heterocycles. The van der Waals surface area contributed by atoms with E-state index in [0.717, 1.165) is 20.8 Å². The second-order valence-electron chi connectivity index (χ2n) is 4.28. The lowest BCUT2D eigenvalue weighted by Gasteiger charge is -2.09. The number of aromatic nitrogens is 2. The molecule has 0 aliphatic rings. The zero-order chi connectivity index (χ0) is 14.8. The Bertz CT molecular complexity index is 833. The van der Waals surface area contributed by atoms with Crippen molar-refractivity contribution in [3.63, 3.8) is 0 Å². The monoisotopic (exact) mass is 362 g/mol. The zero-order valence-electron chi connectivity index (χ0n) is 11.1. The highest BCUT2D eigenvalue weighted by molar-refractivity contribution is 9.10. The summed E-state index contributed by atoms with van der Waals surface area (Å²) in [5, 5.41) is 14.2. The van der Waals surface area contributed by atoms with Crippen LogP contribution in [0.3, 0.4) is 0 Å². The van der Waals surface area contributed by atoms with Gasteiger partial charge in [0.1, 0.15) is 5.69 Å². The number of hydrogen-bond donors (Lipinski definition) is 1. The maximum absolute atomic E-state index is 8.88. The van der Waals surface area contributed by atoms with Crippen LogP contribution in [0.5, 0.6) is 5.88 Å². The lowest BCUT2D eigenvalue weighted by molar-refractivity contribution is 0.395. The van der Waals surface area contributed by atoms with E-state index in [9.17, 15) is 0 Å². The predicted octanol–water partition coefficient (Wildman–Crippen LogP) is 3.65. The molecule has 0 saturated heterocycles. The van der Waals surface area contributed by atoms with E-state index in [-0.39, 0.29) is 0 Å². The van der Waals surface area contributed by atoms with Crippen LogP contribution in [0.4, 0.5) is 5.69 Å². The summed E-state index contributed by atoms with van der Waals surface area (Å²) in [6.07, 6.45) is 1.97. The van der Waals surface area contributed by atoms with E-state index < -0.39 is 0 Å². The second kappa shape index (κ2) is 5.76. The van der Waals surface area contributed by atoms with E-state index in [2.05, 4.69) is 32.3 Å². The fraction of sp³-hybridized carbons (Fsp3) is 0.143. The molecule has 3 aromatic rings. The molecule has 21 heavy (non-hydrogen) atoms. The number of methoxy groups -OCH3 is 1. The van der Waals surface area contributed by atoms with Gasteiger partial charge < -0.3 is 10.1 Å². The lowest BCUT2D eigenvalue weighted by atomic mass is 10.2. The molecular formula is C14H11BrN4OS. The molecule has 1 aromatic carbocycles. The van der Waals surface area contributed by atoms with E-state index >= 15 is 0 Å². The average Bonchev–Trinajstić information content (AvgIpc) is 3.06. The minimum Gasteiger partial charge on any atom is -0.480 e. The van der Waals surface area contributed by atoms with E-state index in [1.807, 2.05) is 22.0 Å². The van der Waals surface area contributed by atoms with Crippen molar-refractivity contribution in [3.05, 3.63) is 45.5 Å². The Morgan fingerprint density at radius 3 is 3.10 bits per heavy atom. The number of nitriles is 1. The van der Waals surface area contributed by atoms with Gasteiger partial charge in [0.25, 0.3) is 0 Å². The van der Waals surface area contributed by atoms with Gasteiger partial charge in [0.2, 0.25) is 5.88 Å². The van der Waals surface area contributed by atoms with Crippen LogP contribution in [0.15, 0.2) is 34.2 Å². The number of rotatable bonds is 4. The number of imidazole rings is 1. The molecule has 5 nitrogen and oxygen atoms in total. The maximum atomic E-state index is 8.88. The number of ether oxygens (including phenoxy) is 1. The first-order chi connectivity index (χ1) is 10.2. The molecule has 2 aromatic heterocycles. The summed E-state index contributed by atoms with van der Waals surface area (Å²) < 4.78 is 8.19. The average molecular weight is 363 g/mol. The van der Waals surface area contributed by atoms with Crippen molar-refractivity contribution >= 4 is 37.9 Å². The van der Waals surface area contributed by atoms with Crippen molar-refractivity contribution in [3.8, 4) is 11.9 Å². The van der Waals surface area contributed by atoms with Crippen molar-refractivity contribution in [1.29, 1.82) is 5.26 Å². The maximum Gasteiger partial charge on any atom is 0.238 e. The fourth-order valence-electron chi connectivity index (χ4n) is 2.04. The third-order valence-corrected chi connectivity index (χ3v) is 4.47. The lowest BCUT2D eigenvalue weighted by Crippen LogP contribution is -2.04. The summed E-state index contributed by atoms with van der Waals surface area (Å²) in [4.78, 5) is 5.32. The van der Waals surface area contributed by atoms with Crippen molar-refractivity contribution in [2.75, 3.05) is 12.4 Å². The number of nitrogens with one attached hydrogen (secondary N) is 1. The molecule has 3 rings (SSSR count). The van der Waals surface area contributed by atoms with Crippen LogP contribution < -0.4 is 10.1 Å². The van der Waals surface area contributed by atoms with Crippen molar-refractivity contribution in [2.45, 2.75) is 6.54 Å². The van der Waals surface area contributed by atoms with Gasteiger partial charge in [0, 0.05) is 21.7 Å². The van der Waals surface area contributed by atoms with Gasteiger partial charge in [-0.15, -0.1) is 11.3 Å². The molecule has 0 spiro atoms. The fourth-order valence-corrected chi connectivity index (χ4v) is 3.29. The van der Waals surface area contributed by atoms with Gasteiger partial charge in [-0.25, -0.2) is 0 Å². The van der Waals surface area contributed by atoms with Crippen LogP contribution in [-0.2, 0) is 6.54 Å². The number of hydrogen-bond acceptors (Lipinski definition) is 5. The van der Waals surface area contributed by atoms with Crippen molar-refractivity contribution < 1.29 is 4.74 Å². The molecule has 0 fully saturated rings. The number of anilines is 1. The molecule has 106 valence electrons. The number of fused-ring (bicyclic) bond motifs is 1.